The van der Waals surface area contributed by atoms with Crippen LogP contribution in [0.25, 0.3) is 0 Å². The second-order valence-corrected chi connectivity index (χ2v) is 6.38. The quantitative estimate of drug-likeness (QED) is 0.751. The molecule has 2 saturated heterocycles. The second-order valence-electron chi connectivity index (χ2n) is 6.38. The van der Waals surface area contributed by atoms with Gasteiger partial charge in [0.15, 0.2) is 5.78 Å². The average molecular weight is 286 g/mol. The minimum atomic E-state index is 0.283. The highest BCUT2D eigenvalue weighted by atomic mass is 16.1. The lowest BCUT2D eigenvalue weighted by molar-refractivity contribution is 0.0975. The zero-order chi connectivity index (χ0) is 14.5. The van der Waals surface area contributed by atoms with Crippen molar-refractivity contribution in [3.05, 3.63) is 35.9 Å². The van der Waals surface area contributed by atoms with Gasteiger partial charge in [0, 0.05) is 24.6 Å². The van der Waals surface area contributed by atoms with Crippen LogP contribution in [0.2, 0.25) is 0 Å². The summed E-state index contributed by atoms with van der Waals surface area (Å²) < 4.78 is 0. The van der Waals surface area contributed by atoms with Crippen molar-refractivity contribution in [3.8, 4) is 0 Å². The van der Waals surface area contributed by atoms with E-state index in [1.165, 1.54) is 45.4 Å². The predicted octanol–water partition coefficient (Wildman–Crippen LogP) is 2.82. The van der Waals surface area contributed by atoms with Crippen molar-refractivity contribution >= 4 is 5.78 Å². The molecule has 0 radical (unpaired) electrons. The predicted molar refractivity (Wildman–Crippen MR) is 85.7 cm³/mol. The van der Waals surface area contributed by atoms with Crippen LogP contribution in [0.3, 0.4) is 0 Å². The van der Waals surface area contributed by atoms with E-state index < -0.39 is 0 Å². The number of likely N-dealkylation sites (tertiary alicyclic amines) is 2. The first kappa shape index (κ1) is 14.7. The smallest absolute Gasteiger partial charge is 0.162 e. The standard InChI is InChI=1S/C18H26N2O/c21-18(16-7-2-1-3-8-16)9-6-11-19-14-10-17(15-19)20-12-4-5-13-20/h1-3,7-8,17H,4-6,9-15H2. The number of ketones is 1. The molecule has 114 valence electrons. The van der Waals surface area contributed by atoms with Crippen LogP contribution in [0.5, 0.6) is 0 Å². The maximum Gasteiger partial charge on any atom is 0.162 e. The molecule has 1 aromatic carbocycles. The Hall–Kier alpha value is -1.19. The Balaban J connectivity index is 1.37. The highest BCUT2D eigenvalue weighted by Crippen LogP contribution is 2.20. The number of carbonyl (C=O) groups excluding carboxylic acids is 1. The molecule has 21 heavy (non-hydrogen) atoms. The molecule has 1 unspecified atom stereocenters. The first-order valence-electron chi connectivity index (χ1n) is 8.37. The van der Waals surface area contributed by atoms with Crippen molar-refractivity contribution < 1.29 is 4.79 Å². The number of rotatable bonds is 6. The summed E-state index contributed by atoms with van der Waals surface area (Å²) in [7, 11) is 0. The molecular weight excluding hydrogens is 260 g/mol. The van der Waals surface area contributed by atoms with E-state index in [9.17, 15) is 4.79 Å². The van der Waals surface area contributed by atoms with Gasteiger partial charge in [0.05, 0.1) is 0 Å². The molecular formula is C18H26N2O. The molecule has 0 spiro atoms. The monoisotopic (exact) mass is 286 g/mol. The minimum Gasteiger partial charge on any atom is -0.302 e. The molecule has 0 saturated carbocycles. The van der Waals surface area contributed by atoms with Crippen LogP contribution in [-0.4, -0.2) is 54.3 Å². The molecule has 0 amide bonds. The largest absolute Gasteiger partial charge is 0.302 e. The first-order valence-corrected chi connectivity index (χ1v) is 8.37. The van der Waals surface area contributed by atoms with Crippen molar-refractivity contribution in [2.24, 2.45) is 0 Å². The van der Waals surface area contributed by atoms with Gasteiger partial charge in [0.1, 0.15) is 0 Å². The van der Waals surface area contributed by atoms with E-state index >= 15 is 0 Å². The summed E-state index contributed by atoms with van der Waals surface area (Å²) in [6, 6.07) is 10.4. The fourth-order valence-corrected chi connectivity index (χ4v) is 3.65. The molecule has 2 fully saturated rings. The molecule has 3 nitrogen and oxygen atoms in total. The summed E-state index contributed by atoms with van der Waals surface area (Å²) in [6.45, 7) is 6.08. The number of hydrogen-bond acceptors (Lipinski definition) is 3. The van der Waals surface area contributed by atoms with Crippen LogP contribution in [0.1, 0.15) is 42.5 Å². The molecule has 2 aliphatic heterocycles. The van der Waals surface area contributed by atoms with Gasteiger partial charge in [-0.1, -0.05) is 30.3 Å². The highest BCUT2D eigenvalue weighted by Gasteiger charge is 2.28. The SMILES string of the molecule is O=C(CCCN1CCC(N2CCCC2)C1)c1ccccc1. The van der Waals surface area contributed by atoms with E-state index in [1.54, 1.807) is 0 Å². The number of Topliss-reactive ketones (excluding diaryl/α,β-unsaturated/α-hetero) is 1. The first-order chi connectivity index (χ1) is 10.3. The van der Waals surface area contributed by atoms with Crippen LogP contribution >= 0.6 is 0 Å². The zero-order valence-electron chi connectivity index (χ0n) is 12.8. The van der Waals surface area contributed by atoms with E-state index in [0.717, 1.165) is 24.6 Å². The minimum absolute atomic E-state index is 0.283. The van der Waals surface area contributed by atoms with Gasteiger partial charge in [-0.05, 0) is 51.9 Å². The summed E-state index contributed by atoms with van der Waals surface area (Å²) >= 11 is 0. The van der Waals surface area contributed by atoms with Crippen LogP contribution in [0, 0.1) is 0 Å². The maximum atomic E-state index is 12.1. The third-order valence-electron chi connectivity index (χ3n) is 4.88. The maximum absolute atomic E-state index is 12.1. The molecule has 3 rings (SSSR count). The lowest BCUT2D eigenvalue weighted by Gasteiger charge is -2.23. The van der Waals surface area contributed by atoms with Gasteiger partial charge in [0.25, 0.3) is 0 Å². The Morgan fingerprint density at radius 3 is 2.62 bits per heavy atom. The zero-order valence-corrected chi connectivity index (χ0v) is 12.8. The molecule has 0 N–H and O–H groups in total. The Morgan fingerprint density at radius 1 is 1.10 bits per heavy atom. The van der Waals surface area contributed by atoms with Crippen molar-refractivity contribution in [1.82, 2.24) is 9.80 Å². The van der Waals surface area contributed by atoms with Crippen molar-refractivity contribution in [2.75, 3.05) is 32.7 Å². The second kappa shape index (κ2) is 7.19. The van der Waals surface area contributed by atoms with Gasteiger partial charge in [0.2, 0.25) is 0 Å². The van der Waals surface area contributed by atoms with Gasteiger partial charge in [-0.25, -0.2) is 0 Å². The van der Waals surface area contributed by atoms with E-state index in [0.29, 0.717) is 6.42 Å². The Morgan fingerprint density at radius 2 is 1.86 bits per heavy atom. The molecule has 0 bridgehead atoms. The van der Waals surface area contributed by atoms with Crippen LogP contribution in [0.15, 0.2) is 30.3 Å². The third kappa shape index (κ3) is 3.92. The number of nitrogens with zero attached hydrogens (tertiary/aromatic N) is 2. The fourth-order valence-electron chi connectivity index (χ4n) is 3.65. The summed E-state index contributed by atoms with van der Waals surface area (Å²) in [5.74, 6) is 0.283. The highest BCUT2D eigenvalue weighted by molar-refractivity contribution is 5.95. The topological polar surface area (TPSA) is 23.6 Å². The summed E-state index contributed by atoms with van der Waals surface area (Å²) in [5, 5.41) is 0. The average Bonchev–Trinajstić information content (AvgIpc) is 3.19. The lowest BCUT2D eigenvalue weighted by Crippen LogP contribution is -2.35. The molecule has 3 heteroatoms. The summed E-state index contributed by atoms with van der Waals surface area (Å²) in [6.07, 6.45) is 5.73. The summed E-state index contributed by atoms with van der Waals surface area (Å²) in [5.41, 5.74) is 0.855. The van der Waals surface area contributed by atoms with Gasteiger partial charge < -0.3 is 4.90 Å². The van der Waals surface area contributed by atoms with Gasteiger partial charge >= 0.3 is 0 Å². The van der Waals surface area contributed by atoms with Crippen molar-refractivity contribution in [3.63, 3.8) is 0 Å². The number of hydrogen-bond donors (Lipinski definition) is 0. The molecule has 1 aromatic rings. The molecule has 2 heterocycles. The van der Waals surface area contributed by atoms with E-state index in [4.69, 9.17) is 0 Å². The molecule has 1 atom stereocenters. The van der Waals surface area contributed by atoms with Gasteiger partial charge in [-0.2, -0.15) is 0 Å². The van der Waals surface area contributed by atoms with Crippen LogP contribution in [-0.2, 0) is 0 Å². The van der Waals surface area contributed by atoms with Crippen molar-refractivity contribution in [1.29, 1.82) is 0 Å². The van der Waals surface area contributed by atoms with Gasteiger partial charge in [-0.3, -0.25) is 9.69 Å². The normalized spacial score (nSPS) is 23.7. The van der Waals surface area contributed by atoms with E-state index in [2.05, 4.69) is 9.80 Å². The Labute approximate surface area is 127 Å². The van der Waals surface area contributed by atoms with Gasteiger partial charge in [-0.15, -0.1) is 0 Å². The van der Waals surface area contributed by atoms with E-state index in [1.807, 2.05) is 30.3 Å². The number of benzene rings is 1. The van der Waals surface area contributed by atoms with Crippen LogP contribution < -0.4 is 0 Å². The Kier molecular flexibility index (Phi) is 5.04. The molecule has 0 aromatic heterocycles. The fraction of sp³-hybridized carbons (Fsp3) is 0.611. The Bertz CT molecular complexity index is 454. The van der Waals surface area contributed by atoms with Crippen molar-refractivity contribution in [2.45, 2.75) is 38.1 Å². The molecule has 0 aliphatic carbocycles. The lowest BCUT2D eigenvalue weighted by atomic mass is 10.1. The van der Waals surface area contributed by atoms with E-state index in [-0.39, 0.29) is 5.78 Å². The third-order valence-corrected chi connectivity index (χ3v) is 4.88. The summed E-state index contributed by atoms with van der Waals surface area (Å²) in [4.78, 5) is 17.3. The van der Waals surface area contributed by atoms with Crippen LogP contribution in [0.4, 0.5) is 0 Å². The molecule has 2 aliphatic rings. The number of carbonyl (C=O) groups is 1.